The smallest absolute Gasteiger partial charge is 0.336 e. The standard InChI is InChI=1S/C25H20O6/c1-28-19-10-7-17(22(14-19)29-2)9-12-23(26)30-15-18-13-24(27)31-21-11-8-16-5-3-4-6-20(16)25(18)21/h3-14H,15H2,1-2H3. The maximum absolute atomic E-state index is 12.3. The molecule has 0 spiro atoms. The van der Waals surface area contributed by atoms with Gasteiger partial charge in [-0.25, -0.2) is 9.59 Å². The first-order valence-corrected chi connectivity index (χ1v) is 9.60. The zero-order valence-corrected chi connectivity index (χ0v) is 17.1. The molecule has 0 saturated heterocycles. The third kappa shape index (κ3) is 4.28. The summed E-state index contributed by atoms with van der Waals surface area (Å²) in [5.41, 5.74) is 1.26. The fourth-order valence-corrected chi connectivity index (χ4v) is 3.44. The van der Waals surface area contributed by atoms with Crippen molar-refractivity contribution in [1.29, 1.82) is 0 Å². The number of hydrogen-bond donors (Lipinski definition) is 0. The van der Waals surface area contributed by atoms with Gasteiger partial charge in [-0.1, -0.05) is 30.3 Å². The van der Waals surface area contributed by atoms with Crippen LogP contribution in [0.4, 0.5) is 0 Å². The molecule has 0 saturated carbocycles. The van der Waals surface area contributed by atoms with Gasteiger partial charge in [0.25, 0.3) is 0 Å². The van der Waals surface area contributed by atoms with E-state index in [0.29, 0.717) is 28.2 Å². The predicted molar refractivity (Wildman–Crippen MR) is 118 cm³/mol. The lowest BCUT2D eigenvalue weighted by molar-refractivity contribution is -0.138. The van der Waals surface area contributed by atoms with Gasteiger partial charge < -0.3 is 18.6 Å². The van der Waals surface area contributed by atoms with Crippen molar-refractivity contribution >= 4 is 33.8 Å². The van der Waals surface area contributed by atoms with Gasteiger partial charge in [-0.2, -0.15) is 0 Å². The van der Waals surface area contributed by atoms with E-state index in [9.17, 15) is 9.59 Å². The Morgan fingerprint density at radius 3 is 2.65 bits per heavy atom. The molecule has 0 aliphatic heterocycles. The lowest BCUT2D eigenvalue weighted by atomic mass is 10.0. The lowest BCUT2D eigenvalue weighted by Crippen LogP contribution is -2.06. The van der Waals surface area contributed by atoms with E-state index in [0.717, 1.165) is 16.2 Å². The Hall–Kier alpha value is -4.06. The fraction of sp³-hybridized carbons (Fsp3) is 0.120. The summed E-state index contributed by atoms with van der Waals surface area (Å²) in [5.74, 6) is 0.680. The summed E-state index contributed by atoms with van der Waals surface area (Å²) in [6.45, 7) is -0.0565. The number of carbonyl (C=O) groups excluding carboxylic acids is 1. The van der Waals surface area contributed by atoms with Crippen molar-refractivity contribution in [3.63, 3.8) is 0 Å². The summed E-state index contributed by atoms with van der Waals surface area (Å²) in [6.07, 6.45) is 2.92. The van der Waals surface area contributed by atoms with Gasteiger partial charge >= 0.3 is 11.6 Å². The van der Waals surface area contributed by atoms with Crippen LogP contribution in [0, 0.1) is 0 Å². The maximum Gasteiger partial charge on any atom is 0.336 e. The predicted octanol–water partition coefficient (Wildman–Crippen LogP) is 4.72. The van der Waals surface area contributed by atoms with Gasteiger partial charge in [0.2, 0.25) is 0 Å². The van der Waals surface area contributed by atoms with Gasteiger partial charge in [0, 0.05) is 34.7 Å². The van der Waals surface area contributed by atoms with Crippen molar-refractivity contribution in [2.75, 3.05) is 14.2 Å². The zero-order valence-electron chi connectivity index (χ0n) is 17.1. The molecule has 3 aromatic carbocycles. The van der Waals surface area contributed by atoms with E-state index in [-0.39, 0.29) is 6.61 Å². The molecule has 0 N–H and O–H groups in total. The van der Waals surface area contributed by atoms with Crippen molar-refractivity contribution < 1.29 is 23.4 Å². The van der Waals surface area contributed by atoms with E-state index < -0.39 is 11.6 Å². The minimum atomic E-state index is -0.542. The van der Waals surface area contributed by atoms with Crippen molar-refractivity contribution in [2.24, 2.45) is 0 Å². The van der Waals surface area contributed by atoms with E-state index in [1.54, 1.807) is 44.6 Å². The monoisotopic (exact) mass is 416 g/mol. The van der Waals surface area contributed by atoms with Crippen molar-refractivity contribution in [3.05, 3.63) is 88.3 Å². The highest BCUT2D eigenvalue weighted by Gasteiger charge is 2.11. The second-order valence-corrected chi connectivity index (χ2v) is 6.80. The molecule has 0 radical (unpaired) electrons. The van der Waals surface area contributed by atoms with Crippen molar-refractivity contribution in [3.8, 4) is 11.5 Å². The highest BCUT2D eigenvalue weighted by molar-refractivity contribution is 6.07. The van der Waals surface area contributed by atoms with Gasteiger partial charge in [0.15, 0.2) is 0 Å². The summed E-state index contributed by atoms with van der Waals surface area (Å²) < 4.78 is 21.2. The topological polar surface area (TPSA) is 75.0 Å². The Balaban J connectivity index is 1.58. The fourth-order valence-electron chi connectivity index (χ4n) is 3.44. The molecule has 1 aromatic heterocycles. The maximum atomic E-state index is 12.3. The first kappa shape index (κ1) is 20.2. The molecule has 4 rings (SSSR count). The van der Waals surface area contributed by atoms with Gasteiger partial charge in [-0.3, -0.25) is 0 Å². The van der Waals surface area contributed by atoms with Crippen LogP contribution < -0.4 is 15.1 Å². The second-order valence-electron chi connectivity index (χ2n) is 6.80. The highest BCUT2D eigenvalue weighted by Crippen LogP contribution is 2.28. The molecule has 4 aromatic rings. The number of carbonyl (C=O) groups is 1. The van der Waals surface area contributed by atoms with Crippen LogP contribution in [0.2, 0.25) is 0 Å². The van der Waals surface area contributed by atoms with Crippen LogP contribution in [0.5, 0.6) is 11.5 Å². The molecular formula is C25H20O6. The van der Waals surface area contributed by atoms with Crippen LogP contribution in [0.25, 0.3) is 27.8 Å². The quantitative estimate of drug-likeness (QED) is 0.196. The van der Waals surface area contributed by atoms with Crippen LogP contribution in [0.3, 0.4) is 0 Å². The molecule has 1 heterocycles. The number of methoxy groups -OCH3 is 2. The number of hydrogen-bond acceptors (Lipinski definition) is 6. The molecule has 0 unspecified atom stereocenters. The van der Waals surface area contributed by atoms with Crippen LogP contribution in [0.1, 0.15) is 11.1 Å². The number of fused-ring (bicyclic) bond motifs is 3. The molecule has 6 heteroatoms. The average Bonchev–Trinajstić information content (AvgIpc) is 2.80. The molecule has 156 valence electrons. The average molecular weight is 416 g/mol. The molecule has 0 fully saturated rings. The van der Waals surface area contributed by atoms with Crippen LogP contribution in [0.15, 0.2) is 76.0 Å². The molecule has 6 nitrogen and oxygen atoms in total. The van der Waals surface area contributed by atoms with Crippen LogP contribution in [-0.2, 0) is 16.1 Å². The van der Waals surface area contributed by atoms with Gasteiger partial charge in [-0.05, 0) is 35.0 Å². The number of rotatable bonds is 6. The Bertz CT molecular complexity index is 1350. The first-order valence-electron chi connectivity index (χ1n) is 9.60. The Morgan fingerprint density at radius 2 is 1.84 bits per heavy atom. The Kier molecular flexibility index (Phi) is 5.71. The molecular weight excluding hydrogens is 396 g/mol. The summed E-state index contributed by atoms with van der Waals surface area (Å²) in [4.78, 5) is 24.3. The molecule has 0 amide bonds. The minimum absolute atomic E-state index is 0.0565. The lowest BCUT2D eigenvalue weighted by Gasteiger charge is -2.09. The Morgan fingerprint density at radius 1 is 1.00 bits per heavy atom. The van der Waals surface area contributed by atoms with E-state index >= 15 is 0 Å². The van der Waals surface area contributed by atoms with Crippen LogP contribution in [-0.4, -0.2) is 20.2 Å². The van der Waals surface area contributed by atoms with Gasteiger partial charge in [0.05, 0.1) is 14.2 Å². The Labute approximate surface area is 178 Å². The minimum Gasteiger partial charge on any atom is -0.497 e. The van der Waals surface area contributed by atoms with E-state index in [4.69, 9.17) is 18.6 Å². The molecule has 0 aliphatic rings. The van der Waals surface area contributed by atoms with Gasteiger partial charge in [-0.15, -0.1) is 0 Å². The summed E-state index contributed by atoms with van der Waals surface area (Å²) in [7, 11) is 3.11. The summed E-state index contributed by atoms with van der Waals surface area (Å²) >= 11 is 0. The normalized spacial score (nSPS) is 11.2. The largest absolute Gasteiger partial charge is 0.497 e. The SMILES string of the molecule is COc1ccc(C=CC(=O)OCc2cc(=O)oc3ccc4ccccc4c23)c(OC)c1. The molecule has 0 atom stereocenters. The van der Waals surface area contributed by atoms with E-state index in [1.807, 2.05) is 30.3 Å². The molecule has 0 bridgehead atoms. The van der Waals surface area contributed by atoms with Crippen molar-refractivity contribution in [2.45, 2.75) is 6.61 Å². The van der Waals surface area contributed by atoms with E-state index in [1.165, 1.54) is 12.1 Å². The van der Waals surface area contributed by atoms with Crippen LogP contribution >= 0.6 is 0 Å². The number of esters is 1. The highest BCUT2D eigenvalue weighted by atomic mass is 16.5. The number of ether oxygens (including phenoxy) is 3. The third-order valence-corrected chi connectivity index (χ3v) is 4.92. The number of benzene rings is 3. The summed E-state index contributed by atoms with van der Waals surface area (Å²) in [5, 5.41) is 2.68. The van der Waals surface area contributed by atoms with E-state index in [2.05, 4.69) is 0 Å². The zero-order chi connectivity index (χ0) is 21.8. The van der Waals surface area contributed by atoms with Gasteiger partial charge in [0.1, 0.15) is 23.7 Å². The first-order chi connectivity index (χ1) is 15.1. The molecule has 31 heavy (non-hydrogen) atoms. The summed E-state index contributed by atoms with van der Waals surface area (Å²) in [6, 6.07) is 18.0. The van der Waals surface area contributed by atoms with Crippen molar-refractivity contribution in [1.82, 2.24) is 0 Å². The third-order valence-electron chi connectivity index (χ3n) is 4.92. The second kappa shape index (κ2) is 8.75. The molecule has 0 aliphatic carbocycles.